The van der Waals surface area contributed by atoms with Crippen LogP contribution in [0.4, 0.5) is 0 Å². The van der Waals surface area contributed by atoms with E-state index in [4.69, 9.17) is 0 Å². The molecule has 2 aliphatic carbocycles. The third-order valence-corrected chi connectivity index (χ3v) is 5.07. The van der Waals surface area contributed by atoms with Crippen LogP contribution in [-0.4, -0.2) is 6.04 Å². The number of benzene rings is 1. The molecule has 1 atom stereocenters. The van der Waals surface area contributed by atoms with Crippen LogP contribution in [0, 0.1) is 11.8 Å². The van der Waals surface area contributed by atoms with Crippen LogP contribution < -0.4 is 5.32 Å². The molecular weight excluding hydrogens is 230 g/mol. The highest BCUT2D eigenvalue weighted by Crippen LogP contribution is 2.37. The summed E-state index contributed by atoms with van der Waals surface area (Å²) < 4.78 is 0. The lowest BCUT2D eigenvalue weighted by Crippen LogP contribution is -2.44. The lowest BCUT2D eigenvalue weighted by atomic mass is 9.77. The number of nitrogens with one attached hydrogen (secondary N) is 1. The number of hydrogen-bond acceptors (Lipinski definition) is 1. The van der Waals surface area contributed by atoms with Gasteiger partial charge in [0.05, 0.1) is 0 Å². The van der Waals surface area contributed by atoms with Gasteiger partial charge in [0.15, 0.2) is 0 Å². The molecule has 1 heteroatoms. The molecule has 1 aromatic carbocycles. The summed E-state index contributed by atoms with van der Waals surface area (Å²) in [6, 6.07) is 12.5. The largest absolute Gasteiger partial charge is 0.307 e. The predicted octanol–water partition coefficient (Wildman–Crippen LogP) is 4.70. The quantitative estimate of drug-likeness (QED) is 0.824. The third-order valence-electron chi connectivity index (χ3n) is 5.07. The minimum absolute atomic E-state index is 0.596. The van der Waals surface area contributed by atoms with Crippen LogP contribution in [0.25, 0.3) is 0 Å². The van der Waals surface area contributed by atoms with Gasteiger partial charge in [0.1, 0.15) is 0 Å². The topological polar surface area (TPSA) is 12.0 Å². The zero-order chi connectivity index (χ0) is 13.1. The summed E-state index contributed by atoms with van der Waals surface area (Å²) in [5, 5.41) is 3.97. The van der Waals surface area contributed by atoms with Crippen LogP contribution >= 0.6 is 0 Å². The van der Waals surface area contributed by atoms with E-state index in [0.717, 1.165) is 17.9 Å². The molecule has 19 heavy (non-hydrogen) atoms. The first-order valence-corrected chi connectivity index (χ1v) is 8.14. The molecular formula is C18H27N. The van der Waals surface area contributed by atoms with Crippen molar-refractivity contribution in [1.29, 1.82) is 0 Å². The van der Waals surface area contributed by atoms with Gasteiger partial charge in [-0.05, 0) is 43.1 Å². The van der Waals surface area contributed by atoms with Gasteiger partial charge in [0.2, 0.25) is 0 Å². The Morgan fingerprint density at radius 2 is 1.68 bits per heavy atom. The van der Waals surface area contributed by atoms with E-state index in [-0.39, 0.29) is 0 Å². The molecule has 0 saturated heterocycles. The molecule has 1 unspecified atom stereocenters. The Morgan fingerprint density at radius 1 is 1.00 bits per heavy atom. The average molecular weight is 257 g/mol. The van der Waals surface area contributed by atoms with Gasteiger partial charge < -0.3 is 5.32 Å². The highest BCUT2D eigenvalue weighted by atomic mass is 15.0. The van der Waals surface area contributed by atoms with E-state index < -0.39 is 0 Å². The first kappa shape index (κ1) is 13.2. The van der Waals surface area contributed by atoms with Crippen molar-refractivity contribution in [2.24, 2.45) is 11.8 Å². The zero-order valence-electron chi connectivity index (χ0n) is 12.1. The lowest BCUT2D eigenvalue weighted by Gasteiger charge is -2.40. The molecule has 0 heterocycles. The summed E-state index contributed by atoms with van der Waals surface area (Å²) in [5.74, 6) is 1.78. The minimum Gasteiger partial charge on any atom is -0.307 e. The summed E-state index contributed by atoms with van der Waals surface area (Å²) in [6.07, 6.45) is 9.86. The summed E-state index contributed by atoms with van der Waals surface area (Å²) in [6.45, 7) is 2.37. The highest BCUT2D eigenvalue weighted by molar-refractivity contribution is 5.20. The molecule has 0 bridgehead atoms. The van der Waals surface area contributed by atoms with Crippen LogP contribution in [0.5, 0.6) is 0 Å². The van der Waals surface area contributed by atoms with E-state index in [1.807, 2.05) is 0 Å². The Hall–Kier alpha value is -0.820. The first-order valence-electron chi connectivity index (χ1n) is 8.14. The molecule has 0 aromatic heterocycles. The van der Waals surface area contributed by atoms with Crippen LogP contribution in [0.15, 0.2) is 30.3 Å². The Kier molecular flexibility index (Phi) is 4.22. The Labute approximate surface area is 117 Å². The fourth-order valence-corrected chi connectivity index (χ4v) is 3.92. The van der Waals surface area contributed by atoms with E-state index in [9.17, 15) is 0 Å². The first-order chi connectivity index (χ1) is 9.33. The van der Waals surface area contributed by atoms with Gasteiger partial charge in [-0.2, -0.15) is 0 Å². The molecule has 1 aromatic rings. The lowest BCUT2D eigenvalue weighted by molar-refractivity contribution is 0.179. The maximum absolute atomic E-state index is 3.97. The normalized spacial score (nSPS) is 29.7. The monoisotopic (exact) mass is 257 g/mol. The van der Waals surface area contributed by atoms with Crippen molar-refractivity contribution in [3.05, 3.63) is 35.9 Å². The molecule has 1 nitrogen and oxygen atoms in total. The third kappa shape index (κ3) is 3.20. The zero-order valence-corrected chi connectivity index (χ0v) is 12.1. The van der Waals surface area contributed by atoms with Crippen molar-refractivity contribution in [2.75, 3.05) is 0 Å². The molecule has 2 saturated carbocycles. The van der Waals surface area contributed by atoms with Crippen molar-refractivity contribution in [3.8, 4) is 0 Å². The van der Waals surface area contributed by atoms with Gasteiger partial charge in [-0.3, -0.25) is 0 Å². The number of hydrogen-bond donors (Lipinski definition) is 1. The number of rotatable bonds is 4. The van der Waals surface area contributed by atoms with E-state index in [2.05, 4.69) is 42.6 Å². The Bertz CT molecular complexity index is 374. The van der Waals surface area contributed by atoms with Crippen LogP contribution in [0.2, 0.25) is 0 Å². The summed E-state index contributed by atoms with van der Waals surface area (Å²) in [4.78, 5) is 0. The van der Waals surface area contributed by atoms with Gasteiger partial charge in [-0.15, -0.1) is 0 Å². The van der Waals surface area contributed by atoms with Crippen LogP contribution in [-0.2, 0) is 0 Å². The molecule has 2 aliphatic rings. The molecule has 1 N–H and O–H groups in total. The van der Waals surface area contributed by atoms with Gasteiger partial charge >= 0.3 is 0 Å². The van der Waals surface area contributed by atoms with Crippen molar-refractivity contribution in [3.63, 3.8) is 0 Å². The average Bonchev–Trinajstić information content (AvgIpc) is 2.44. The second kappa shape index (κ2) is 6.09. The Balaban J connectivity index is 1.71. The van der Waals surface area contributed by atoms with Gasteiger partial charge in [-0.25, -0.2) is 0 Å². The molecule has 0 spiro atoms. The minimum atomic E-state index is 0.596. The molecule has 104 valence electrons. The second-order valence-corrected chi connectivity index (χ2v) is 6.73. The van der Waals surface area contributed by atoms with Crippen molar-refractivity contribution >= 4 is 0 Å². The maximum Gasteiger partial charge on any atom is 0.0351 e. The second-order valence-electron chi connectivity index (χ2n) is 6.73. The summed E-state index contributed by atoms with van der Waals surface area (Å²) >= 11 is 0. The van der Waals surface area contributed by atoms with E-state index in [1.54, 1.807) is 0 Å². The SMILES string of the molecule is CC1CC(NC(c2ccccc2)C2CCCCC2)C1. The molecule has 0 aliphatic heterocycles. The molecule has 3 rings (SSSR count). The van der Waals surface area contributed by atoms with E-state index in [0.29, 0.717) is 6.04 Å². The summed E-state index contributed by atoms with van der Waals surface area (Å²) in [5.41, 5.74) is 1.51. The predicted molar refractivity (Wildman–Crippen MR) is 81.1 cm³/mol. The van der Waals surface area contributed by atoms with Crippen molar-refractivity contribution < 1.29 is 0 Å². The van der Waals surface area contributed by atoms with E-state index >= 15 is 0 Å². The standard InChI is InChI=1S/C18H27N/c1-14-12-17(13-14)19-18(15-8-4-2-5-9-15)16-10-6-3-7-11-16/h2,4-5,8-9,14,16-19H,3,6-7,10-13H2,1H3. The molecule has 2 fully saturated rings. The maximum atomic E-state index is 3.97. The van der Waals surface area contributed by atoms with Gasteiger partial charge in [0, 0.05) is 12.1 Å². The van der Waals surface area contributed by atoms with Gasteiger partial charge in [0.25, 0.3) is 0 Å². The summed E-state index contributed by atoms with van der Waals surface area (Å²) in [7, 11) is 0. The van der Waals surface area contributed by atoms with Gasteiger partial charge in [-0.1, -0.05) is 56.5 Å². The molecule has 0 radical (unpaired) electrons. The van der Waals surface area contributed by atoms with E-state index in [1.165, 1.54) is 50.5 Å². The smallest absolute Gasteiger partial charge is 0.0351 e. The van der Waals surface area contributed by atoms with Crippen molar-refractivity contribution in [1.82, 2.24) is 5.32 Å². The fraction of sp³-hybridized carbons (Fsp3) is 0.667. The highest BCUT2D eigenvalue weighted by Gasteiger charge is 2.31. The molecule has 0 amide bonds. The van der Waals surface area contributed by atoms with Crippen molar-refractivity contribution in [2.45, 2.75) is 64.0 Å². The fourth-order valence-electron chi connectivity index (χ4n) is 3.92. The Morgan fingerprint density at radius 3 is 2.32 bits per heavy atom. The van der Waals surface area contributed by atoms with Crippen LogP contribution in [0.1, 0.15) is 63.5 Å². The van der Waals surface area contributed by atoms with Crippen LogP contribution in [0.3, 0.4) is 0 Å².